The molecule has 2 rings (SSSR count). The molecule has 1 saturated heterocycles. The van der Waals surface area contributed by atoms with Gasteiger partial charge >= 0.3 is 0 Å². The van der Waals surface area contributed by atoms with Crippen molar-refractivity contribution in [3.05, 3.63) is 17.0 Å². The van der Waals surface area contributed by atoms with Crippen LogP contribution in [0.5, 0.6) is 0 Å². The number of aryl methyl sites for hydroxylation is 2. The van der Waals surface area contributed by atoms with Crippen LogP contribution in [0.1, 0.15) is 42.0 Å². The van der Waals surface area contributed by atoms with Gasteiger partial charge < -0.3 is 15.0 Å². The van der Waals surface area contributed by atoms with Crippen molar-refractivity contribution in [2.24, 2.45) is 0 Å². The van der Waals surface area contributed by atoms with Gasteiger partial charge in [0.25, 0.3) is 11.8 Å². The van der Waals surface area contributed by atoms with Crippen LogP contribution in [-0.4, -0.2) is 58.8 Å². The van der Waals surface area contributed by atoms with Gasteiger partial charge in [-0.15, -0.1) is 0 Å². The molecule has 0 radical (unpaired) electrons. The summed E-state index contributed by atoms with van der Waals surface area (Å²) < 4.78 is 7.49. The van der Waals surface area contributed by atoms with Gasteiger partial charge in [0, 0.05) is 25.8 Å². The maximum Gasteiger partial charge on any atom is 0.257 e. The number of carbonyl (C=O) groups is 2. The van der Waals surface area contributed by atoms with E-state index in [1.165, 1.54) is 0 Å². The molecule has 0 bridgehead atoms. The van der Waals surface area contributed by atoms with Gasteiger partial charge in [-0.25, -0.2) is 0 Å². The smallest absolute Gasteiger partial charge is 0.257 e. The second-order valence-electron chi connectivity index (χ2n) is 6.15. The Hall–Kier alpha value is -1.89. The van der Waals surface area contributed by atoms with Crippen molar-refractivity contribution in [2.45, 2.75) is 46.3 Å². The quantitative estimate of drug-likeness (QED) is 0.893. The number of rotatable bonds is 4. The van der Waals surface area contributed by atoms with Crippen molar-refractivity contribution >= 4 is 11.8 Å². The second kappa shape index (κ2) is 6.70. The predicted molar refractivity (Wildman–Crippen MR) is 86.3 cm³/mol. The van der Waals surface area contributed by atoms with Crippen LogP contribution < -0.4 is 5.32 Å². The zero-order valence-corrected chi connectivity index (χ0v) is 14.6. The van der Waals surface area contributed by atoms with Crippen molar-refractivity contribution in [1.29, 1.82) is 0 Å². The summed E-state index contributed by atoms with van der Waals surface area (Å²) in [6.07, 6.45) is 0.960. The van der Waals surface area contributed by atoms with Gasteiger partial charge in [0.1, 0.15) is 0 Å². The standard InChI is InChI=1S/C16H26N4O3/c1-6-7-20-12(3)13(11(2)18-20)14(21)19-8-9-23-16(4,10-19)15(22)17-5/h6-10H2,1-5H3,(H,17,22). The first-order valence-electron chi connectivity index (χ1n) is 8.03. The van der Waals surface area contributed by atoms with Crippen LogP contribution in [-0.2, 0) is 16.1 Å². The number of hydrogen-bond acceptors (Lipinski definition) is 4. The molecule has 0 aliphatic carbocycles. The van der Waals surface area contributed by atoms with E-state index in [0.717, 1.165) is 24.4 Å². The number of ether oxygens (including phenoxy) is 1. The van der Waals surface area contributed by atoms with Gasteiger partial charge in [0.15, 0.2) is 5.60 Å². The molecule has 1 fully saturated rings. The van der Waals surface area contributed by atoms with Crippen molar-refractivity contribution in [2.75, 3.05) is 26.7 Å². The van der Waals surface area contributed by atoms with E-state index >= 15 is 0 Å². The van der Waals surface area contributed by atoms with Crippen molar-refractivity contribution in [1.82, 2.24) is 20.0 Å². The highest BCUT2D eigenvalue weighted by Gasteiger charge is 2.41. The summed E-state index contributed by atoms with van der Waals surface area (Å²) in [5, 5.41) is 7.06. The van der Waals surface area contributed by atoms with Gasteiger partial charge in [0.2, 0.25) is 0 Å². The highest BCUT2D eigenvalue weighted by molar-refractivity contribution is 5.97. The van der Waals surface area contributed by atoms with E-state index in [1.54, 1.807) is 18.9 Å². The lowest BCUT2D eigenvalue weighted by Gasteiger charge is -2.39. The number of likely N-dealkylation sites (N-methyl/N-ethyl adjacent to an activating group) is 1. The fourth-order valence-corrected chi connectivity index (χ4v) is 3.04. The van der Waals surface area contributed by atoms with E-state index in [0.29, 0.717) is 18.7 Å². The van der Waals surface area contributed by atoms with Gasteiger partial charge in [-0.1, -0.05) is 6.92 Å². The van der Waals surface area contributed by atoms with Crippen molar-refractivity contribution in [3.63, 3.8) is 0 Å². The summed E-state index contributed by atoms with van der Waals surface area (Å²) in [5.41, 5.74) is 1.24. The number of carbonyl (C=O) groups excluding carboxylic acids is 2. The molecular weight excluding hydrogens is 296 g/mol. The molecule has 128 valence electrons. The summed E-state index contributed by atoms with van der Waals surface area (Å²) in [6, 6.07) is 0. The minimum atomic E-state index is -1.01. The topological polar surface area (TPSA) is 76.5 Å². The minimum absolute atomic E-state index is 0.0826. The Kier molecular flexibility index (Phi) is 5.09. The van der Waals surface area contributed by atoms with E-state index in [-0.39, 0.29) is 18.4 Å². The van der Waals surface area contributed by atoms with E-state index in [2.05, 4.69) is 17.3 Å². The normalized spacial score (nSPS) is 21.3. The summed E-state index contributed by atoms with van der Waals surface area (Å²) in [4.78, 5) is 26.7. The van der Waals surface area contributed by atoms with E-state index in [4.69, 9.17) is 4.74 Å². The molecule has 7 nitrogen and oxygen atoms in total. The van der Waals surface area contributed by atoms with Gasteiger partial charge in [-0.05, 0) is 27.2 Å². The summed E-state index contributed by atoms with van der Waals surface area (Å²) in [7, 11) is 1.57. The zero-order valence-electron chi connectivity index (χ0n) is 14.6. The molecule has 1 aromatic heterocycles. The number of hydrogen-bond donors (Lipinski definition) is 1. The summed E-state index contributed by atoms with van der Waals surface area (Å²) >= 11 is 0. The summed E-state index contributed by atoms with van der Waals surface area (Å²) in [6.45, 7) is 9.41. The number of nitrogens with one attached hydrogen (secondary N) is 1. The average Bonchev–Trinajstić information content (AvgIpc) is 2.80. The number of morpholine rings is 1. The molecule has 0 aromatic carbocycles. The van der Waals surface area contributed by atoms with Crippen molar-refractivity contribution < 1.29 is 14.3 Å². The van der Waals surface area contributed by atoms with Crippen molar-refractivity contribution in [3.8, 4) is 0 Å². The highest BCUT2D eigenvalue weighted by Crippen LogP contribution is 2.22. The molecule has 0 spiro atoms. The Bertz CT molecular complexity index is 611. The number of aromatic nitrogens is 2. The second-order valence-corrected chi connectivity index (χ2v) is 6.15. The number of nitrogens with zero attached hydrogens (tertiary/aromatic N) is 3. The van der Waals surface area contributed by atoms with Crippen LogP contribution in [0.2, 0.25) is 0 Å². The molecule has 1 atom stereocenters. The van der Waals surface area contributed by atoms with Crippen LogP contribution in [0.3, 0.4) is 0 Å². The van der Waals surface area contributed by atoms with Crippen LogP contribution in [0.25, 0.3) is 0 Å². The first-order chi connectivity index (χ1) is 10.8. The third kappa shape index (κ3) is 3.24. The molecule has 1 aliphatic heterocycles. The number of amides is 2. The molecule has 2 heterocycles. The lowest BCUT2D eigenvalue weighted by molar-refractivity contribution is -0.153. The Morgan fingerprint density at radius 1 is 1.39 bits per heavy atom. The largest absolute Gasteiger partial charge is 0.362 e. The lowest BCUT2D eigenvalue weighted by atomic mass is 10.0. The average molecular weight is 322 g/mol. The fourth-order valence-electron chi connectivity index (χ4n) is 3.04. The third-order valence-electron chi connectivity index (χ3n) is 4.30. The van der Waals surface area contributed by atoms with Gasteiger partial charge in [0.05, 0.1) is 24.4 Å². The molecule has 7 heteroatoms. The minimum Gasteiger partial charge on any atom is -0.362 e. The molecule has 23 heavy (non-hydrogen) atoms. The monoisotopic (exact) mass is 322 g/mol. The van der Waals surface area contributed by atoms with Gasteiger partial charge in [-0.3, -0.25) is 14.3 Å². The highest BCUT2D eigenvalue weighted by atomic mass is 16.5. The molecular formula is C16H26N4O3. The molecule has 1 N–H and O–H groups in total. The van der Waals surface area contributed by atoms with Crippen LogP contribution in [0.15, 0.2) is 0 Å². The Morgan fingerprint density at radius 2 is 2.09 bits per heavy atom. The maximum absolute atomic E-state index is 12.9. The van der Waals surface area contributed by atoms with Crippen LogP contribution in [0.4, 0.5) is 0 Å². The maximum atomic E-state index is 12.9. The van der Waals surface area contributed by atoms with Crippen LogP contribution in [0, 0.1) is 13.8 Å². The Labute approximate surface area is 137 Å². The molecule has 1 unspecified atom stereocenters. The van der Waals surface area contributed by atoms with E-state index in [1.807, 2.05) is 18.5 Å². The van der Waals surface area contributed by atoms with Gasteiger partial charge in [-0.2, -0.15) is 5.10 Å². The molecule has 2 amide bonds. The predicted octanol–water partition coefficient (Wildman–Crippen LogP) is 0.887. The summed E-state index contributed by atoms with van der Waals surface area (Å²) in [5.74, 6) is -0.300. The fraction of sp³-hybridized carbons (Fsp3) is 0.688. The first kappa shape index (κ1) is 17.5. The zero-order chi connectivity index (χ0) is 17.2. The lowest BCUT2D eigenvalue weighted by Crippen LogP contribution is -2.58. The molecule has 1 aromatic rings. The van der Waals surface area contributed by atoms with Crippen LogP contribution >= 0.6 is 0 Å². The third-order valence-corrected chi connectivity index (χ3v) is 4.30. The Morgan fingerprint density at radius 3 is 2.70 bits per heavy atom. The first-order valence-corrected chi connectivity index (χ1v) is 8.03. The Balaban J connectivity index is 2.25. The SMILES string of the molecule is CCCn1nc(C)c(C(=O)N2CCOC(C)(C(=O)NC)C2)c1C. The molecule has 0 saturated carbocycles. The van der Waals surface area contributed by atoms with E-state index in [9.17, 15) is 9.59 Å². The van der Waals surface area contributed by atoms with E-state index < -0.39 is 5.60 Å². The molecule has 1 aliphatic rings.